The van der Waals surface area contributed by atoms with Crippen molar-refractivity contribution < 1.29 is 9.18 Å². The number of carbonyl (C=O) groups is 1. The molecule has 0 aliphatic heterocycles. The van der Waals surface area contributed by atoms with Gasteiger partial charge in [0.25, 0.3) is 0 Å². The lowest BCUT2D eigenvalue weighted by Gasteiger charge is -2.15. The van der Waals surface area contributed by atoms with Crippen LogP contribution in [0, 0.1) is 11.7 Å². The molecule has 1 aromatic heterocycles. The molecule has 1 amide bonds. The van der Waals surface area contributed by atoms with Crippen LogP contribution in [0.4, 0.5) is 10.2 Å². The molecule has 1 aromatic carbocycles. The molecule has 1 unspecified atom stereocenters. The van der Waals surface area contributed by atoms with Gasteiger partial charge in [-0.25, -0.2) is 9.07 Å². The van der Waals surface area contributed by atoms with E-state index >= 15 is 0 Å². The van der Waals surface area contributed by atoms with E-state index in [2.05, 4.69) is 17.3 Å². The van der Waals surface area contributed by atoms with E-state index in [-0.39, 0.29) is 18.1 Å². The molecule has 1 N–H and O–H groups in total. The van der Waals surface area contributed by atoms with Crippen molar-refractivity contribution in [2.24, 2.45) is 5.92 Å². The maximum absolute atomic E-state index is 13.5. The van der Waals surface area contributed by atoms with Crippen LogP contribution >= 0.6 is 0 Å². The minimum Gasteiger partial charge on any atom is -0.311 e. The SMILES string of the molecule is CC(C1CC1)n1nccc1NC(=O)CCc1ccccc1F. The summed E-state index contributed by atoms with van der Waals surface area (Å²) in [6.45, 7) is 2.12. The summed E-state index contributed by atoms with van der Waals surface area (Å²) >= 11 is 0. The average Bonchev–Trinajstić information content (AvgIpc) is 3.26. The third-order valence-electron chi connectivity index (χ3n) is 4.21. The number of aryl methyl sites for hydroxylation is 1. The Balaban J connectivity index is 1.58. The monoisotopic (exact) mass is 301 g/mol. The Labute approximate surface area is 129 Å². The van der Waals surface area contributed by atoms with Crippen molar-refractivity contribution in [2.75, 3.05) is 5.32 Å². The summed E-state index contributed by atoms with van der Waals surface area (Å²) in [6, 6.07) is 8.66. The smallest absolute Gasteiger partial charge is 0.225 e. The van der Waals surface area contributed by atoms with Gasteiger partial charge in [0, 0.05) is 12.5 Å². The summed E-state index contributed by atoms with van der Waals surface area (Å²) in [4.78, 5) is 12.1. The van der Waals surface area contributed by atoms with Crippen molar-refractivity contribution >= 4 is 11.7 Å². The lowest BCUT2D eigenvalue weighted by Crippen LogP contribution is -2.18. The van der Waals surface area contributed by atoms with Crippen molar-refractivity contribution in [1.29, 1.82) is 0 Å². The number of amides is 1. The maximum Gasteiger partial charge on any atom is 0.225 e. The normalized spacial score (nSPS) is 15.5. The molecule has 1 saturated carbocycles. The molecule has 22 heavy (non-hydrogen) atoms. The van der Waals surface area contributed by atoms with Gasteiger partial charge in [0.2, 0.25) is 5.91 Å². The number of nitrogens with one attached hydrogen (secondary N) is 1. The summed E-state index contributed by atoms with van der Waals surface area (Å²) in [5.74, 6) is 1.00. The van der Waals surface area contributed by atoms with Gasteiger partial charge in [-0.1, -0.05) is 18.2 Å². The predicted octanol–water partition coefficient (Wildman–Crippen LogP) is 3.56. The zero-order valence-electron chi connectivity index (χ0n) is 12.6. The Kier molecular flexibility index (Phi) is 4.22. The number of carbonyl (C=O) groups excluding carboxylic acids is 1. The Morgan fingerprint density at radius 2 is 2.18 bits per heavy atom. The summed E-state index contributed by atoms with van der Waals surface area (Å²) in [7, 11) is 0. The summed E-state index contributed by atoms with van der Waals surface area (Å²) in [5.41, 5.74) is 0.567. The van der Waals surface area contributed by atoms with Crippen LogP contribution in [0.25, 0.3) is 0 Å². The summed E-state index contributed by atoms with van der Waals surface area (Å²) in [6.07, 6.45) is 4.80. The highest BCUT2D eigenvalue weighted by atomic mass is 19.1. The van der Waals surface area contributed by atoms with E-state index in [9.17, 15) is 9.18 Å². The highest BCUT2D eigenvalue weighted by molar-refractivity contribution is 5.89. The van der Waals surface area contributed by atoms with Crippen molar-refractivity contribution in [3.63, 3.8) is 0 Å². The average molecular weight is 301 g/mol. The Morgan fingerprint density at radius 1 is 1.41 bits per heavy atom. The molecule has 116 valence electrons. The fourth-order valence-corrected chi connectivity index (χ4v) is 2.67. The van der Waals surface area contributed by atoms with Gasteiger partial charge >= 0.3 is 0 Å². The van der Waals surface area contributed by atoms with Crippen LogP contribution in [-0.2, 0) is 11.2 Å². The minimum absolute atomic E-state index is 0.118. The van der Waals surface area contributed by atoms with Crippen molar-refractivity contribution in [2.45, 2.75) is 38.6 Å². The first-order valence-electron chi connectivity index (χ1n) is 7.72. The highest BCUT2D eigenvalue weighted by Gasteiger charge is 2.30. The summed E-state index contributed by atoms with van der Waals surface area (Å²) < 4.78 is 15.4. The molecule has 4 nitrogen and oxygen atoms in total. The number of anilines is 1. The lowest BCUT2D eigenvalue weighted by molar-refractivity contribution is -0.116. The molecule has 5 heteroatoms. The van der Waals surface area contributed by atoms with Crippen molar-refractivity contribution in [3.8, 4) is 0 Å². The van der Waals surface area contributed by atoms with Crippen LogP contribution in [0.2, 0.25) is 0 Å². The van der Waals surface area contributed by atoms with Crippen LogP contribution in [0.1, 0.15) is 37.8 Å². The lowest BCUT2D eigenvalue weighted by atomic mass is 10.1. The van der Waals surface area contributed by atoms with E-state index in [4.69, 9.17) is 0 Å². The zero-order valence-corrected chi connectivity index (χ0v) is 12.6. The summed E-state index contributed by atoms with van der Waals surface area (Å²) in [5, 5.41) is 7.19. The van der Waals surface area contributed by atoms with Gasteiger partial charge in [0.15, 0.2) is 0 Å². The standard InChI is InChI=1S/C17H20FN3O/c1-12(13-6-7-13)21-16(10-11-19-21)20-17(22)9-8-14-4-2-3-5-15(14)18/h2-5,10-13H,6-9H2,1H3,(H,20,22). The van der Waals surface area contributed by atoms with Crippen molar-refractivity contribution in [1.82, 2.24) is 9.78 Å². The van der Waals surface area contributed by atoms with Crippen molar-refractivity contribution in [3.05, 3.63) is 47.9 Å². The fourth-order valence-electron chi connectivity index (χ4n) is 2.67. The number of rotatable bonds is 6. The predicted molar refractivity (Wildman–Crippen MR) is 83.0 cm³/mol. The van der Waals surface area contributed by atoms with E-state index in [1.54, 1.807) is 30.5 Å². The third-order valence-corrected chi connectivity index (χ3v) is 4.21. The van der Waals surface area contributed by atoms with Crippen LogP contribution in [-0.4, -0.2) is 15.7 Å². The van der Waals surface area contributed by atoms with Crippen LogP contribution in [0.15, 0.2) is 36.5 Å². The van der Waals surface area contributed by atoms with Gasteiger partial charge in [-0.3, -0.25) is 4.79 Å². The molecule has 0 saturated heterocycles. The number of benzene rings is 1. The molecule has 1 heterocycles. The quantitative estimate of drug-likeness (QED) is 0.886. The number of halogens is 1. The maximum atomic E-state index is 13.5. The molecular formula is C17H20FN3O. The van der Waals surface area contributed by atoms with Gasteiger partial charge in [-0.15, -0.1) is 0 Å². The zero-order chi connectivity index (χ0) is 15.5. The van der Waals surface area contributed by atoms with E-state index in [0.717, 1.165) is 5.82 Å². The molecule has 0 bridgehead atoms. The van der Waals surface area contributed by atoms with Gasteiger partial charge in [-0.2, -0.15) is 5.10 Å². The van der Waals surface area contributed by atoms with Gasteiger partial charge < -0.3 is 5.32 Å². The van der Waals surface area contributed by atoms with E-state index < -0.39 is 0 Å². The molecule has 1 aliphatic rings. The molecule has 3 rings (SSSR count). The Morgan fingerprint density at radius 3 is 2.91 bits per heavy atom. The van der Waals surface area contributed by atoms with E-state index in [0.29, 0.717) is 23.9 Å². The second-order valence-electron chi connectivity index (χ2n) is 5.88. The first-order chi connectivity index (χ1) is 10.6. The highest BCUT2D eigenvalue weighted by Crippen LogP contribution is 2.40. The molecule has 1 atom stereocenters. The second-order valence-corrected chi connectivity index (χ2v) is 5.88. The van der Waals surface area contributed by atoms with Crippen LogP contribution < -0.4 is 5.32 Å². The molecular weight excluding hydrogens is 281 g/mol. The van der Waals surface area contributed by atoms with Crippen LogP contribution in [0.5, 0.6) is 0 Å². The Bertz CT molecular complexity index is 663. The third kappa shape index (κ3) is 3.35. The minimum atomic E-state index is -0.261. The van der Waals surface area contributed by atoms with E-state index in [1.807, 2.05) is 4.68 Å². The van der Waals surface area contributed by atoms with Gasteiger partial charge in [0.05, 0.1) is 12.2 Å². The largest absolute Gasteiger partial charge is 0.311 e. The number of hydrogen-bond donors (Lipinski definition) is 1. The first-order valence-corrected chi connectivity index (χ1v) is 7.72. The molecule has 0 radical (unpaired) electrons. The Hall–Kier alpha value is -2.17. The molecule has 2 aromatic rings. The first kappa shape index (κ1) is 14.8. The second kappa shape index (κ2) is 6.30. The fraction of sp³-hybridized carbons (Fsp3) is 0.412. The van der Waals surface area contributed by atoms with Crippen LogP contribution in [0.3, 0.4) is 0 Å². The number of hydrogen-bond acceptors (Lipinski definition) is 2. The van der Waals surface area contributed by atoms with Gasteiger partial charge in [0.1, 0.15) is 11.6 Å². The van der Waals surface area contributed by atoms with Gasteiger partial charge in [-0.05, 0) is 43.7 Å². The number of nitrogens with zero attached hydrogens (tertiary/aromatic N) is 2. The number of aromatic nitrogens is 2. The molecule has 1 aliphatic carbocycles. The topological polar surface area (TPSA) is 46.9 Å². The molecule has 1 fully saturated rings. The molecule has 0 spiro atoms. The van der Waals surface area contributed by atoms with E-state index in [1.165, 1.54) is 18.9 Å².